The van der Waals surface area contributed by atoms with Crippen molar-refractivity contribution >= 4 is 11.8 Å². The maximum Gasteiger partial charge on any atom is 0.244 e. The van der Waals surface area contributed by atoms with E-state index < -0.39 is 12.3 Å². The predicted octanol–water partition coefficient (Wildman–Crippen LogP) is 1.60. The molecule has 0 bridgehead atoms. The number of aliphatic hydroxyl groups is 1. The smallest absolute Gasteiger partial charge is 0.244 e. The number of carbonyl (C=O) groups excluding carboxylic acids is 2. The molecule has 3 rings (SSSR count). The highest BCUT2D eigenvalue weighted by Crippen LogP contribution is 2.37. The van der Waals surface area contributed by atoms with Crippen LogP contribution in [0.2, 0.25) is 0 Å². The van der Waals surface area contributed by atoms with E-state index in [1.165, 1.54) is 5.56 Å². The maximum absolute atomic E-state index is 12.0. The molecule has 118 valence electrons. The first kappa shape index (κ1) is 15.2. The van der Waals surface area contributed by atoms with E-state index in [1.54, 1.807) is 4.90 Å². The normalized spacial score (nSPS) is 26.0. The zero-order valence-corrected chi connectivity index (χ0v) is 13.2. The molecule has 1 saturated heterocycles. The van der Waals surface area contributed by atoms with Gasteiger partial charge in [0, 0.05) is 13.0 Å². The fourth-order valence-electron chi connectivity index (χ4n) is 3.20. The summed E-state index contributed by atoms with van der Waals surface area (Å²) in [6.45, 7) is 6.99. The van der Waals surface area contributed by atoms with Crippen LogP contribution in [0, 0.1) is 0 Å². The van der Waals surface area contributed by atoms with Crippen LogP contribution in [0.4, 0.5) is 0 Å². The van der Waals surface area contributed by atoms with Gasteiger partial charge in [0.15, 0.2) is 0 Å². The molecule has 22 heavy (non-hydrogen) atoms. The molecule has 1 aromatic rings. The van der Waals surface area contributed by atoms with Crippen molar-refractivity contribution in [3.05, 3.63) is 34.9 Å². The second-order valence-electron chi connectivity index (χ2n) is 7.18. The number of nitrogens with one attached hydrogen (secondary N) is 1. The Balaban J connectivity index is 1.86. The fraction of sp³-hybridized carbons (Fsp3) is 0.529. The molecule has 2 amide bonds. The van der Waals surface area contributed by atoms with E-state index >= 15 is 0 Å². The molecule has 2 unspecified atom stereocenters. The average Bonchev–Trinajstić information content (AvgIpc) is 2.75. The number of carbonyl (C=O) groups is 2. The molecule has 2 heterocycles. The van der Waals surface area contributed by atoms with Crippen LogP contribution in [-0.4, -0.2) is 27.9 Å². The van der Waals surface area contributed by atoms with Crippen molar-refractivity contribution in [2.75, 3.05) is 0 Å². The van der Waals surface area contributed by atoms with Crippen molar-refractivity contribution in [2.45, 2.75) is 57.8 Å². The average molecular weight is 302 g/mol. The van der Waals surface area contributed by atoms with E-state index in [1.807, 2.05) is 12.1 Å². The molecule has 5 nitrogen and oxygen atoms in total. The monoisotopic (exact) mass is 302 g/mol. The highest BCUT2D eigenvalue weighted by Gasteiger charge is 2.39. The van der Waals surface area contributed by atoms with Gasteiger partial charge in [-0.05, 0) is 28.5 Å². The quantitative estimate of drug-likeness (QED) is 0.773. The van der Waals surface area contributed by atoms with Crippen LogP contribution in [0.5, 0.6) is 0 Å². The molecule has 2 atom stereocenters. The summed E-state index contributed by atoms with van der Waals surface area (Å²) in [7, 11) is 0. The number of piperidine rings is 1. The Kier molecular flexibility index (Phi) is 3.57. The van der Waals surface area contributed by atoms with Gasteiger partial charge < -0.3 is 5.11 Å². The number of nitrogens with zero attached hydrogens (tertiary/aromatic N) is 1. The van der Waals surface area contributed by atoms with Crippen molar-refractivity contribution < 1.29 is 14.7 Å². The minimum atomic E-state index is -0.784. The topological polar surface area (TPSA) is 69.6 Å². The minimum absolute atomic E-state index is 0.0437. The number of hydrogen-bond acceptors (Lipinski definition) is 4. The van der Waals surface area contributed by atoms with Crippen molar-refractivity contribution in [3.8, 4) is 0 Å². The van der Waals surface area contributed by atoms with Crippen molar-refractivity contribution in [1.29, 1.82) is 0 Å². The van der Waals surface area contributed by atoms with Crippen molar-refractivity contribution in [1.82, 2.24) is 10.2 Å². The van der Waals surface area contributed by atoms with E-state index in [2.05, 4.69) is 32.2 Å². The highest BCUT2D eigenvalue weighted by atomic mass is 16.3. The first-order chi connectivity index (χ1) is 10.3. The second kappa shape index (κ2) is 5.18. The number of benzene rings is 1. The molecule has 2 aliphatic heterocycles. The molecular formula is C17H22N2O3. The summed E-state index contributed by atoms with van der Waals surface area (Å²) in [4.78, 5) is 25.1. The summed E-state index contributed by atoms with van der Waals surface area (Å²) < 4.78 is 0. The van der Waals surface area contributed by atoms with Gasteiger partial charge in [0.1, 0.15) is 6.23 Å². The number of rotatable bonds is 1. The minimum Gasteiger partial charge on any atom is -0.374 e. The third kappa shape index (κ3) is 2.55. The van der Waals surface area contributed by atoms with Gasteiger partial charge in [-0.25, -0.2) is 0 Å². The zero-order chi connectivity index (χ0) is 16.1. The Morgan fingerprint density at radius 1 is 1.27 bits per heavy atom. The van der Waals surface area contributed by atoms with E-state index in [0.717, 1.165) is 11.1 Å². The lowest BCUT2D eigenvalue weighted by Crippen LogP contribution is -2.51. The number of aliphatic hydroxyl groups excluding tert-OH is 1. The Morgan fingerprint density at radius 2 is 2.00 bits per heavy atom. The lowest BCUT2D eigenvalue weighted by molar-refractivity contribution is -0.141. The van der Waals surface area contributed by atoms with Crippen molar-refractivity contribution in [3.63, 3.8) is 0 Å². The van der Waals surface area contributed by atoms with Gasteiger partial charge in [-0.15, -0.1) is 0 Å². The molecule has 0 saturated carbocycles. The highest BCUT2D eigenvalue weighted by molar-refractivity contribution is 6.00. The van der Waals surface area contributed by atoms with Crippen LogP contribution in [0.15, 0.2) is 18.2 Å². The van der Waals surface area contributed by atoms with E-state index in [0.29, 0.717) is 19.4 Å². The maximum atomic E-state index is 12.0. The Hall–Kier alpha value is -1.72. The SMILES string of the molecule is CC(C)(C)c1ccc2c(c1)CN(C1CCC(=O)NC1=O)C2O. The first-order valence-electron chi connectivity index (χ1n) is 7.68. The lowest BCUT2D eigenvalue weighted by atomic mass is 9.85. The Morgan fingerprint density at radius 3 is 2.64 bits per heavy atom. The van der Waals surface area contributed by atoms with Crippen LogP contribution in [0.3, 0.4) is 0 Å². The first-order valence-corrected chi connectivity index (χ1v) is 7.68. The van der Waals surface area contributed by atoms with Crippen LogP contribution in [-0.2, 0) is 21.5 Å². The van der Waals surface area contributed by atoms with Gasteiger partial charge in [-0.1, -0.05) is 39.0 Å². The number of amides is 2. The van der Waals surface area contributed by atoms with E-state index in [4.69, 9.17) is 0 Å². The molecule has 1 fully saturated rings. The van der Waals surface area contributed by atoms with Crippen LogP contribution < -0.4 is 5.32 Å². The standard InChI is InChI=1S/C17H22N2O3/c1-17(2,3)11-4-5-12-10(8-11)9-19(16(12)22)13-6-7-14(20)18-15(13)21/h4-5,8,13,16,22H,6-7,9H2,1-3H3,(H,18,20,21). The molecule has 0 aliphatic carbocycles. The molecule has 0 spiro atoms. The molecule has 2 N–H and O–H groups in total. The Labute approximate surface area is 130 Å². The molecular weight excluding hydrogens is 280 g/mol. The predicted molar refractivity (Wildman–Crippen MR) is 81.8 cm³/mol. The number of imide groups is 1. The fourth-order valence-corrected chi connectivity index (χ4v) is 3.20. The van der Waals surface area contributed by atoms with Gasteiger partial charge >= 0.3 is 0 Å². The van der Waals surface area contributed by atoms with Gasteiger partial charge in [-0.3, -0.25) is 19.8 Å². The molecule has 2 aliphatic rings. The number of hydrogen-bond donors (Lipinski definition) is 2. The van der Waals surface area contributed by atoms with Crippen molar-refractivity contribution in [2.24, 2.45) is 0 Å². The zero-order valence-electron chi connectivity index (χ0n) is 13.2. The molecule has 5 heteroatoms. The van der Waals surface area contributed by atoms with Gasteiger partial charge in [0.05, 0.1) is 6.04 Å². The van der Waals surface area contributed by atoms with Gasteiger partial charge in [0.25, 0.3) is 0 Å². The number of fused-ring (bicyclic) bond motifs is 1. The summed E-state index contributed by atoms with van der Waals surface area (Å²) in [5, 5.41) is 12.9. The molecule has 0 aromatic heterocycles. The van der Waals surface area contributed by atoms with Gasteiger partial charge in [-0.2, -0.15) is 0 Å². The van der Waals surface area contributed by atoms with Crippen LogP contribution >= 0.6 is 0 Å². The summed E-state index contributed by atoms with van der Waals surface area (Å²) in [5.41, 5.74) is 3.17. The summed E-state index contributed by atoms with van der Waals surface area (Å²) >= 11 is 0. The van der Waals surface area contributed by atoms with E-state index in [9.17, 15) is 14.7 Å². The van der Waals surface area contributed by atoms with Gasteiger partial charge in [0.2, 0.25) is 11.8 Å². The summed E-state index contributed by atoms with van der Waals surface area (Å²) in [6, 6.07) is 5.66. The molecule has 1 aromatic carbocycles. The third-order valence-electron chi connectivity index (χ3n) is 4.56. The van der Waals surface area contributed by atoms with Crippen LogP contribution in [0.25, 0.3) is 0 Å². The summed E-state index contributed by atoms with van der Waals surface area (Å²) in [6.07, 6.45) is -0.00149. The van der Waals surface area contributed by atoms with Crippen LogP contribution in [0.1, 0.15) is 56.5 Å². The third-order valence-corrected chi connectivity index (χ3v) is 4.56. The Bertz CT molecular complexity index is 633. The largest absolute Gasteiger partial charge is 0.374 e. The second-order valence-corrected chi connectivity index (χ2v) is 7.18. The lowest BCUT2D eigenvalue weighted by Gasteiger charge is -2.31. The summed E-state index contributed by atoms with van der Waals surface area (Å²) in [5.74, 6) is -0.540. The molecule has 0 radical (unpaired) electrons. The van der Waals surface area contributed by atoms with E-state index in [-0.39, 0.29) is 17.2 Å².